The average Bonchev–Trinajstić information content (AvgIpc) is 2.97. The molecule has 0 heterocycles. The molecule has 5 aromatic carbocycles. The maximum absolute atomic E-state index is 6.35. The van der Waals surface area contributed by atoms with E-state index in [0.717, 1.165) is 60.5 Å². The normalized spacial score (nSPS) is 10.8. The summed E-state index contributed by atoms with van der Waals surface area (Å²) in [7, 11) is 0. The summed E-state index contributed by atoms with van der Waals surface area (Å²) in [5.41, 5.74) is 8.98. The second-order valence-corrected chi connectivity index (χ2v) is 11.4. The summed E-state index contributed by atoms with van der Waals surface area (Å²) >= 11 is 14.3. The van der Waals surface area contributed by atoms with E-state index in [1.165, 1.54) is 10.5 Å². The van der Waals surface area contributed by atoms with Gasteiger partial charge in [0.25, 0.3) is 0 Å². The Morgan fingerprint density at radius 1 is 0.625 bits per heavy atom. The largest absolute Gasteiger partial charge is 0.497 e. The molecule has 0 spiro atoms. The lowest BCUT2D eigenvalue weighted by Crippen LogP contribution is -2.02. The van der Waals surface area contributed by atoms with E-state index in [1.807, 2.05) is 43.3 Å². The van der Waals surface area contributed by atoms with E-state index in [-0.39, 0.29) is 0 Å². The lowest BCUT2D eigenvalue weighted by molar-refractivity contribution is 0.235. The zero-order chi connectivity index (χ0) is 27.9. The van der Waals surface area contributed by atoms with Crippen LogP contribution in [0.1, 0.15) is 23.6 Å². The van der Waals surface area contributed by atoms with Crippen molar-refractivity contribution in [1.82, 2.24) is 0 Å². The zero-order valence-corrected chi connectivity index (χ0v) is 24.9. The van der Waals surface area contributed by atoms with Crippen LogP contribution >= 0.6 is 35.0 Å². The molecule has 5 aromatic rings. The van der Waals surface area contributed by atoms with Gasteiger partial charge in [0, 0.05) is 20.5 Å². The molecule has 0 radical (unpaired) electrons. The van der Waals surface area contributed by atoms with Crippen molar-refractivity contribution in [2.75, 3.05) is 12.4 Å². The van der Waals surface area contributed by atoms with Crippen molar-refractivity contribution in [2.45, 2.75) is 18.7 Å². The van der Waals surface area contributed by atoms with E-state index in [2.05, 4.69) is 91.9 Å². The molecule has 0 fully saturated rings. The first kappa shape index (κ1) is 28.1. The quantitative estimate of drug-likeness (QED) is 0.126. The highest BCUT2D eigenvalue weighted by molar-refractivity contribution is 7.99. The minimum Gasteiger partial charge on any atom is -0.497 e. The Morgan fingerprint density at radius 3 is 1.62 bits per heavy atom. The maximum Gasteiger partial charge on any atom is 0.115 e. The van der Waals surface area contributed by atoms with E-state index in [4.69, 9.17) is 27.9 Å². The number of hydrogen-bond donors (Lipinski definition) is 0. The fraction of sp³-hybridized carbons (Fsp3) is 0.111. The van der Waals surface area contributed by atoms with Crippen molar-refractivity contribution < 1.29 is 4.74 Å². The molecule has 200 valence electrons. The summed E-state index contributed by atoms with van der Waals surface area (Å²) < 4.78 is 6.35. The van der Waals surface area contributed by atoms with Gasteiger partial charge in [0.2, 0.25) is 0 Å². The van der Waals surface area contributed by atoms with Crippen LogP contribution in [0.25, 0.3) is 27.8 Å². The minimum absolute atomic E-state index is 0.592. The van der Waals surface area contributed by atoms with Crippen molar-refractivity contribution in [3.63, 3.8) is 0 Å². The second kappa shape index (κ2) is 13.3. The van der Waals surface area contributed by atoms with Gasteiger partial charge in [0.15, 0.2) is 0 Å². The third-order valence-electron chi connectivity index (χ3n) is 6.62. The van der Waals surface area contributed by atoms with E-state index < -0.39 is 0 Å². The van der Waals surface area contributed by atoms with Gasteiger partial charge in [-0.1, -0.05) is 114 Å². The van der Waals surface area contributed by atoms with Crippen molar-refractivity contribution in [3.8, 4) is 22.3 Å². The molecule has 0 unspecified atom stereocenters. The zero-order valence-electron chi connectivity index (χ0n) is 22.5. The Labute approximate surface area is 251 Å². The molecule has 0 aliphatic rings. The van der Waals surface area contributed by atoms with E-state index in [1.54, 1.807) is 11.8 Å². The molecule has 0 aromatic heterocycles. The smallest absolute Gasteiger partial charge is 0.115 e. The Balaban J connectivity index is 1.56. The molecule has 0 amide bonds. The molecule has 5 rings (SSSR count). The van der Waals surface area contributed by atoms with Crippen molar-refractivity contribution in [1.29, 1.82) is 0 Å². The fourth-order valence-electron chi connectivity index (χ4n) is 4.70. The van der Waals surface area contributed by atoms with Crippen LogP contribution in [0.5, 0.6) is 0 Å². The third-order valence-corrected chi connectivity index (χ3v) is 8.08. The second-order valence-electron chi connectivity index (χ2n) is 9.51. The van der Waals surface area contributed by atoms with Crippen LogP contribution in [0.2, 0.25) is 10.0 Å². The first-order chi connectivity index (χ1) is 19.5. The lowest BCUT2D eigenvalue weighted by Gasteiger charge is -2.18. The molecule has 0 N–H and O–H groups in total. The minimum atomic E-state index is 0.592. The van der Waals surface area contributed by atoms with Crippen molar-refractivity contribution in [2.24, 2.45) is 0 Å². The standard InChI is InChI=1S/C36H30Cl2OS/c1-3-39-35(24-40-34-12-4-7-25(2)21-34)36(28-17-13-26(14-18-28)30-8-5-10-32(37)22-30)29-19-15-27(16-20-29)31-9-6-11-33(38)23-31/h4-23H,3,24H2,1-2H3. The van der Waals surface area contributed by atoms with Crippen molar-refractivity contribution >= 4 is 40.5 Å². The molecule has 0 bridgehead atoms. The van der Waals surface area contributed by atoms with Gasteiger partial charge in [0.1, 0.15) is 5.76 Å². The molecule has 0 saturated carbocycles. The highest BCUT2D eigenvalue weighted by Crippen LogP contribution is 2.34. The van der Waals surface area contributed by atoms with Crippen LogP contribution in [0.15, 0.2) is 132 Å². The number of thioether (sulfide) groups is 1. The molecule has 4 heteroatoms. The summed E-state index contributed by atoms with van der Waals surface area (Å²) in [5, 5.41) is 1.46. The monoisotopic (exact) mass is 580 g/mol. The Morgan fingerprint density at radius 2 is 1.15 bits per heavy atom. The van der Waals surface area contributed by atoms with E-state index >= 15 is 0 Å². The molecular formula is C36H30Cl2OS. The van der Waals surface area contributed by atoms with Crippen LogP contribution < -0.4 is 0 Å². The highest BCUT2D eigenvalue weighted by Gasteiger charge is 2.15. The molecule has 1 nitrogen and oxygen atoms in total. The number of rotatable bonds is 9. The maximum atomic E-state index is 6.35. The summed E-state index contributed by atoms with van der Waals surface area (Å²) in [4.78, 5) is 1.23. The Bertz CT molecular complexity index is 1530. The number of halogens is 2. The van der Waals surface area contributed by atoms with E-state index in [9.17, 15) is 0 Å². The summed E-state index contributed by atoms with van der Waals surface area (Å²) in [6.07, 6.45) is 0. The molecule has 0 saturated heterocycles. The van der Waals surface area contributed by atoms with Gasteiger partial charge in [-0.15, -0.1) is 11.8 Å². The molecule has 0 aliphatic heterocycles. The van der Waals surface area contributed by atoms with Crippen LogP contribution in [0.3, 0.4) is 0 Å². The van der Waals surface area contributed by atoms with Gasteiger partial charge in [-0.25, -0.2) is 0 Å². The molecule has 40 heavy (non-hydrogen) atoms. The van der Waals surface area contributed by atoms with Crippen LogP contribution in [0, 0.1) is 6.92 Å². The molecule has 0 aliphatic carbocycles. The molecule has 0 atom stereocenters. The van der Waals surface area contributed by atoms with Gasteiger partial charge in [-0.3, -0.25) is 0 Å². The first-order valence-electron chi connectivity index (χ1n) is 13.3. The number of hydrogen-bond acceptors (Lipinski definition) is 2. The summed E-state index contributed by atoms with van der Waals surface area (Å²) in [6.45, 7) is 4.76. The number of benzene rings is 5. The van der Waals surface area contributed by atoms with Gasteiger partial charge in [-0.05, 0) is 83.6 Å². The summed E-state index contributed by atoms with van der Waals surface area (Å²) in [5.74, 6) is 1.68. The highest BCUT2D eigenvalue weighted by atomic mass is 35.5. The molecular weight excluding hydrogens is 551 g/mol. The number of aryl methyl sites for hydroxylation is 1. The Hall–Kier alpha value is -3.43. The topological polar surface area (TPSA) is 9.23 Å². The van der Waals surface area contributed by atoms with Crippen LogP contribution in [-0.2, 0) is 4.74 Å². The predicted octanol–water partition coefficient (Wildman–Crippen LogP) is 11.2. The van der Waals surface area contributed by atoms with Crippen LogP contribution in [0.4, 0.5) is 0 Å². The average molecular weight is 582 g/mol. The Kier molecular flexibility index (Phi) is 9.34. The fourth-order valence-corrected chi connectivity index (χ4v) is 6.05. The van der Waals surface area contributed by atoms with Gasteiger partial charge < -0.3 is 4.74 Å². The first-order valence-corrected chi connectivity index (χ1v) is 15.0. The number of ether oxygens (including phenoxy) is 1. The third kappa shape index (κ3) is 7.01. The van der Waals surface area contributed by atoms with Gasteiger partial charge >= 0.3 is 0 Å². The van der Waals surface area contributed by atoms with Gasteiger partial charge in [-0.2, -0.15) is 0 Å². The van der Waals surface area contributed by atoms with Crippen molar-refractivity contribution in [3.05, 3.63) is 154 Å². The summed E-state index contributed by atoms with van der Waals surface area (Å²) in [6, 6.07) is 41.8. The van der Waals surface area contributed by atoms with Gasteiger partial charge in [0.05, 0.1) is 12.4 Å². The van der Waals surface area contributed by atoms with Crippen LogP contribution in [-0.4, -0.2) is 12.4 Å². The predicted molar refractivity (Wildman–Crippen MR) is 173 cm³/mol. The lowest BCUT2D eigenvalue weighted by atomic mass is 9.93. The van der Waals surface area contributed by atoms with E-state index in [0.29, 0.717) is 6.61 Å². The SMILES string of the molecule is CCOC(CSc1cccc(C)c1)=C(c1ccc(-c2cccc(Cl)c2)cc1)c1ccc(-c2cccc(Cl)c2)cc1.